The molecular formula is C12H15NO3. The first-order valence-corrected chi connectivity index (χ1v) is 5.20. The number of allylic oxidation sites excluding steroid dienone is 2. The molecule has 1 amide bonds. The van der Waals surface area contributed by atoms with E-state index in [9.17, 15) is 9.59 Å². The largest absolute Gasteiger partial charge is 0.481 e. The van der Waals surface area contributed by atoms with E-state index in [2.05, 4.69) is 11.2 Å². The average Bonchev–Trinajstić information content (AvgIpc) is 2.28. The van der Waals surface area contributed by atoms with Gasteiger partial charge in [0.15, 0.2) is 0 Å². The highest BCUT2D eigenvalue weighted by atomic mass is 16.4. The molecule has 1 aliphatic carbocycles. The van der Waals surface area contributed by atoms with E-state index in [0.717, 1.165) is 0 Å². The van der Waals surface area contributed by atoms with E-state index in [1.54, 1.807) is 13.0 Å². The lowest BCUT2D eigenvalue weighted by molar-refractivity contribution is -0.147. The van der Waals surface area contributed by atoms with Crippen LogP contribution in [0.15, 0.2) is 12.2 Å². The lowest BCUT2D eigenvalue weighted by Crippen LogP contribution is -2.42. The zero-order valence-electron chi connectivity index (χ0n) is 9.14. The summed E-state index contributed by atoms with van der Waals surface area (Å²) in [5.74, 6) is 0.0143. The topological polar surface area (TPSA) is 66.4 Å². The van der Waals surface area contributed by atoms with Crippen LogP contribution in [0.5, 0.6) is 0 Å². The first-order valence-electron chi connectivity index (χ1n) is 5.20. The van der Waals surface area contributed by atoms with Crippen LogP contribution in [0.3, 0.4) is 0 Å². The molecule has 0 bridgehead atoms. The second-order valence-corrected chi connectivity index (χ2v) is 3.89. The Balaban J connectivity index is 2.70. The summed E-state index contributed by atoms with van der Waals surface area (Å²) < 4.78 is 0. The Morgan fingerprint density at radius 1 is 1.44 bits per heavy atom. The van der Waals surface area contributed by atoms with Crippen molar-refractivity contribution in [3.8, 4) is 12.3 Å². The number of carboxylic acid groups (broad SMARTS) is 1. The Morgan fingerprint density at radius 3 is 2.50 bits per heavy atom. The number of carboxylic acids is 1. The predicted octanol–water partition coefficient (Wildman–Crippen LogP) is 0.791. The van der Waals surface area contributed by atoms with Gasteiger partial charge in [-0.3, -0.25) is 9.59 Å². The summed E-state index contributed by atoms with van der Waals surface area (Å²) in [6, 6.07) is -0.368. The van der Waals surface area contributed by atoms with E-state index in [4.69, 9.17) is 11.5 Å². The first-order chi connectivity index (χ1) is 7.56. The van der Waals surface area contributed by atoms with Gasteiger partial charge in [-0.15, -0.1) is 6.42 Å². The van der Waals surface area contributed by atoms with Gasteiger partial charge in [0, 0.05) is 0 Å². The summed E-state index contributed by atoms with van der Waals surface area (Å²) in [4.78, 5) is 22.7. The molecule has 0 saturated heterocycles. The summed E-state index contributed by atoms with van der Waals surface area (Å²) in [5.41, 5.74) is 0. The fraction of sp³-hybridized carbons (Fsp3) is 0.500. The zero-order chi connectivity index (χ0) is 12.1. The molecule has 4 heteroatoms. The van der Waals surface area contributed by atoms with Crippen molar-refractivity contribution in [2.45, 2.75) is 25.8 Å². The minimum Gasteiger partial charge on any atom is -0.481 e. The highest BCUT2D eigenvalue weighted by molar-refractivity contribution is 5.85. The van der Waals surface area contributed by atoms with E-state index in [-0.39, 0.29) is 11.9 Å². The molecule has 86 valence electrons. The highest BCUT2D eigenvalue weighted by Gasteiger charge is 2.34. The molecule has 1 aliphatic rings. The third-order valence-electron chi connectivity index (χ3n) is 2.70. The fourth-order valence-electron chi connectivity index (χ4n) is 1.74. The van der Waals surface area contributed by atoms with E-state index in [1.165, 1.54) is 0 Å². The summed E-state index contributed by atoms with van der Waals surface area (Å²) in [7, 11) is 0. The van der Waals surface area contributed by atoms with E-state index in [1.807, 2.05) is 6.08 Å². The smallest absolute Gasteiger partial charge is 0.307 e. The molecule has 0 aliphatic heterocycles. The predicted molar refractivity (Wildman–Crippen MR) is 59.4 cm³/mol. The van der Waals surface area contributed by atoms with Gasteiger partial charge < -0.3 is 10.4 Å². The summed E-state index contributed by atoms with van der Waals surface area (Å²) >= 11 is 0. The second-order valence-electron chi connectivity index (χ2n) is 3.89. The number of rotatable bonds is 3. The molecule has 0 spiro atoms. The van der Waals surface area contributed by atoms with Gasteiger partial charge in [-0.05, 0) is 19.8 Å². The first kappa shape index (κ1) is 12.3. The van der Waals surface area contributed by atoms with Crippen LogP contribution in [0.4, 0.5) is 0 Å². The molecule has 0 heterocycles. The number of hydrogen-bond acceptors (Lipinski definition) is 2. The van der Waals surface area contributed by atoms with E-state index < -0.39 is 17.8 Å². The molecule has 0 fully saturated rings. The molecule has 0 aromatic heterocycles. The number of terminal acetylenes is 1. The van der Waals surface area contributed by atoms with Crippen LogP contribution in [-0.4, -0.2) is 23.0 Å². The quantitative estimate of drug-likeness (QED) is 0.547. The van der Waals surface area contributed by atoms with Crippen LogP contribution in [-0.2, 0) is 9.59 Å². The summed E-state index contributed by atoms with van der Waals surface area (Å²) in [6.07, 6.45) is 9.64. The van der Waals surface area contributed by atoms with Gasteiger partial charge >= 0.3 is 5.97 Å². The van der Waals surface area contributed by atoms with Crippen LogP contribution >= 0.6 is 0 Å². The van der Waals surface area contributed by atoms with Crippen molar-refractivity contribution < 1.29 is 14.7 Å². The molecular weight excluding hydrogens is 206 g/mol. The Hall–Kier alpha value is -1.76. The lowest BCUT2D eigenvalue weighted by atomic mass is 9.82. The molecule has 0 radical (unpaired) electrons. The van der Waals surface area contributed by atoms with E-state index in [0.29, 0.717) is 12.8 Å². The van der Waals surface area contributed by atoms with Crippen molar-refractivity contribution in [2.24, 2.45) is 11.8 Å². The Bertz CT molecular complexity index is 354. The zero-order valence-corrected chi connectivity index (χ0v) is 9.14. The number of carbonyl (C=O) groups excluding carboxylic acids is 1. The minimum absolute atomic E-state index is 0.276. The number of hydrogen-bond donors (Lipinski definition) is 2. The maximum absolute atomic E-state index is 11.8. The molecule has 1 rings (SSSR count). The number of carbonyl (C=O) groups is 2. The van der Waals surface area contributed by atoms with Crippen molar-refractivity contribution in [3.63, 3.8) is 0 Å². The maximum Gasteiger partial charge on any atom is 0.307 e. The van der Waals surface area contributed by atoms with Gasteiger partial charge in [0.2, 0.25) is 5.91 Å². The van der Waals surface area contributed by atoms with E-state index >= 15 is 0 Å². The number of aliphatic carboxylic acids is 1. The Labute approximate surface area is 94.7 Å². The SMILES string of the molecule is C#CC(C)NC(=O)C1CC=CCC1C(=O)O. The molecule has 3 atom stereocenters. The number of nitrogens with one attached hydrogen (secondary N) is 1. The van der Waals surface area contributed by atoms with Gasteiger partial charge in [-0.2, -0.15) is 0 Å². The summed E-state index contributed by atoms with van der Waals surface area (Å²) in [6.45, 7) is 1.69. The molecule has 0 saturated carbocycles. The standard InChI is InChI=1S/C12H15NO3/c1-3-8(2)13-11(14)9-6-4-5-7-10(9)12(15)16/h1,4-5,8-10H,6-7H2,2H3,(H,13,14)(H,15,16). The van der Waals surface area contributed by atoms with Crippen molar-refractivity contribution in [1.29, 1.82) is 0 Å². The molecule has 0 aromatic rings. The third kappa shape index (κ3) is 2.86. The van der Waals surface area contributed by atoms with Crippen molar-refractivity contribution in [3.05, 3.63) is 12.2 Å². The van der Waals surface area contributed by atoms with Gasteiger partial charge in [0.05, 0.1) is 17.9 Å². The molecule has 16 heavy (non-hydrogen) atoms. The van der Waals surface area contributed by atoms with Crippen LogP contribution in [0, 0.1) is 24.2 Å². The molecule has 3 unspecified atom stereocenters. The van der Waals surface area contributed by atoms with Gasteiger partial charge in [-0.1, -0.05) is 18.1 Å². The van der Waals surface area contributed by atoms with Crippen LogP contribution in [0.1, 0.15) is 19.8 Å². The summed E-state index contributed by atoms with van der Waals surface area (Å²) in [5, 5.41) is 11.6. The maximum atomic E-state index is 11.8. The molecule has 0 aromatic carbocycles. The van der Waals surface area contributed by atoms with Crippen LogP contribution in [0.25, 0.3) is 0 Å². The van der Waals surface area contributed by atoms with Gasteiger partial charge in [-0.25, -0.2) is 0 Å². The van der Waals surface area contributed by atoms with Crippen molar-refractivity contribution >= 4 is 11.9 Å². The Morgan fingerprint density at radius 2 is 2.00 bits per heavy atom. The van der Waals surface area contributed by atoms with Crippen molar-refractivity contribution in [2.75, 3.05) is 0 Å². The van der Waals surface area contributed by atoms with Crippen molar-refractivity contribution in [1.82, 2.24) is 5.32 Å². The Kier molecular flexibility index (Phi) is 4.12. The number of amides is 1. The molecule has 4 nitrogen and oxygen atoms in total. The monoisotopic (exact) mass is 221 g/mol. The second kappa shape index (κ2) is 5.36. The average molecular weight is 221 g/mol. The third-order valence-corrected chi connectivity index (χ3v) is 2.70. The van der Waals surface area contributed by atoms with Crippen LogP contribution < -0.4 is 5.32 Å². The van der Waals surface area contributed by atoms with Gasteiger partial charge in [0.25, 0.3) is 0 Å². The normalized spacial score (nSPS) is 25.5. The fourth-order valence-corrected chi connectivity index (χ4v) is 1.74. The highest BCUT2D eigenvalue weighted by Crippen LogP contribution is 2.26. The van der Waals surface area contributed by atoms with Crippen LogP contribution in [0.2, 0.25) is 0 Å². The van der Waals surface area contributed by atoms with Gasteiger partial charge in [0.1, 0.15) is 0 Å². The minimum atomic E-state index is -0.933. The molecule has 2 N–H and O–H groups in total. The lowest BCUT2D eigenvalue weighted by Gasteiger charge is -2.24.